The second-order valence-electron chi connectivity index (χ2n) is 11.3. The maximum atomic E-state index is 12.8. The van der Waals surface area contributed by atoms with Gasteiger partial charge in [0.25, 0.3) is 0 Å². The van der Waals surface area contributed by atoms with Gasteiger partial charge in [0.1, 0.15) is 5.75 Å². The van der Waals surface area contributed by atoms with Crippen molar-refractivity contribution in [3.8, 4) is 5.75 Å². The number of nitrogens with one attached hydrogen (secondary N) is 1. The molecular formula is C35H53NO3S. The van der Waals surface area contributed by atoms with E-state index >= 15 is 0 Å². The molecule has 1 atom stereocenters. The van der Waals surface area contributed by atoms with E-state index in [1.807, 2.05) is 44.2 Å². The SMILES string of the molecule is CCCCCCCCCCCCCCCCCCOc1ccc(C(C)C(=O)Nc2ccc(C)c(C(=O)S)c2)cc1. The molecular weight excluding hydrogens is 514 g/mol. The van der Waals surface area contributed by atoms with Crippen molar-refractivity contribution < 1.29 is 14.3 Å². The van der Waals surface area contributed by atoms with Crippen molar-refractivity contribution in [2.24, 2.45) is 0 Å². The zero-order valence-corrected chi connectivity index (χ0v) is 26.2. The van der Waals surface area contributed by atoms with Crippen LogP contribution >= 0.6 is 12.6 Å². The fraction of sp³-hybridized carbons (Fsp3) is 0.600. The van der Waals surface area contributed by atoms with E-state index in [1.54, 1.807) is 12.1 Å². The molecule has 0 heterocycles. The molecule has 0 spiro atoms. The van der Waals surface area contributed by atoms with Crippen LogP contribution in [0.2, 0.25) is 0 Å². The largest absolute Gasteiger partial charge is 0.494 e. The summed E-state index contributed by atoms with van der Waals surface area (Å²) < 4.78 is 5.92. The number of thiol groups is 1. The molecule has 1 N–H and O–H groups in total. The summed E-state index contributed by atoms with van der Waals surface area (Å²) in [4.78, 5) is 24.4. The van der Waals surface area contributed by atoms with Crippen LogP contribution in [0.4, 0.5) is 5.69 Å². The molecule has 4 nitrogen and oxygen atoms in total. The maximum Gasteiger partial charge on any atom is 0.231 e. The van der Waals surface area contributed by atoms with Crippen molar-refractivity contribution in [3.05, 3.63) is 59.2 Å². The molecule has 0 saturated heterocycles. The first-order chi connectivity index (χ1) is 19.4. The van der Waals surface area contributed by atoms with Crippen LogP contribution in [-0.2, 0) is 4.79 Å². The van der Waals surface area contributed by atoms with E-state index in [1.165, 1.54) is 96.3 Å². The number of amides is 1. The van der Waals surface area contributed by atoms with Gasteiger partial charge >= 0.3 is 0 Å². The lowest BCUT2D eigenvalue weighted by molar-refractivity contribution is -0.117. The highest BCUT2D eigenvalue weighted by Crippen LogP contribution is 2.23. The number of hydrogen-bond donors (Lipinski definition) is 2. The number of benzene rings is 2. The molecule has 0 aliphatic rings. The van der Waals surface area contributed by atoms with E-state index in [9.17, 15) is 9.59 Å². The van der Waals surface area contributed by atoms with Crippen molar-refractivity contribution in [1.29, 1.82) is 0 Å². The average Bonchev–Trinajstić information content (AvgIpc) is 2.95. The van der Waals surface area contributed by atoms with Crippen LogP contribution in [0.15, 0.2) is 42.5 Å². The molecule has 2 aromatic carbocycles. The van der Waals surface area contributed by atoms with Crippen molar-refractivity contribution >= 4 is 29.3 Å². The van der Waals surface area contributed by atoms with Gasteiger partial charge in [-0.2, -0.15) is 0 Å². The summed E-state index contributed by atoms with van der Waals surface area (Å²) in [6, 6.07) is 13.1. The highest BCUT2D eigenvalue weighted by molar-refractivity contribution is 7.97. The molecule has 222 valence electrons. The first kappa shape index (κ1) is 33.9. The third kappa shape index (κ3) is 13.9. The minimum absolute atomic E-state index is 0.122. The van der Waals surface area contributed by atoms with Gasteiger partial charge in [-0.3, -0.25) is 9.59 Å². The molecule has 0 saturated carbocycles. The van der Waals surface area contributed by atoms with Crippen molar-refractivity contribution in [2.45, 2.75) is 129 Å². The average molecular weight is 568 g/mol. The number of aryl methyl sites for hydroxylation is 1. The molecule has 40 heavy (non-hydrogen) atoms. The molecule has 0 aliphatic heterocycles. The maximum absolute atomic E-state index is 12.8. The molecule has 1 amide bonds. The Morgan fingerprint density at radius 3 is 1.75 bits per heavy atom. The Labute approximate surface area is 249 Å². The van der Waals surface area contributed by atoms with Crippen molar-refractivity contribution in [3.63, 3.8) is 0 Å². The fourth-order valence-corrected chi connectivity index (χ4v) is 5.27. The summed E-state index contributed by atoms with van der Waals surface area (Å²) in [6.07, 6.45) is 21.8. The summed E-state index contributed by atoms with van der Waals surface area (Å²) in [5.41, 5.74) is 2.85. The van der Waals surface area contributed by atoms with Crippen LogP contribution in [0.1, 0.15) is 144 Å². The van der Waals surface area contributed by atoms with E-state index in [-0.39, 0.29) is 16.9 Å². The van der Waals surface area contributed by atoms with Gasteiger partial charge in [-0.25, -0.2) is 0 Å². The standard InChI is InChI=1S/C35H53NO3S/c1-4-5-6-7-8-9-10-11-12-13-14-15-16-17-18-19-26-39-32-24-21-30(22-25-32)29(3)34(37)36-31-23-20-28(2)33(27-31)35(38)40/h20-25,27,29H,4-19,26H2,1-3H3,(H,36,37)(H,38,40). The lowest BCUT2D eigenvalue weighted by Crippen LogP contribution is -2.19. The molecule has 0 radical (unpaired) electrons. The van der Waals surface area contributed by atoms with Gasteiger partial charge in [0, 0.05) is 11.3 Å². The van der Waals surface area contributed by atoms with E-state index < -0.39 is 0 Å². The Morgan fingerprint density at radius 2 is 1.25 bits per heavy atom. The third-order valence-electron chi connectivity index (χ3n) is 7.78. The lowest BCUT2D eigenvalue weighted by Gasteiger charge is -2.14. The summed E-state index contributed by atoms with van der Waals surface area (Å²) in [5, 5.41) is 2.60. The second-order valence-corrected chi connectivity index (χ2v) is 11.7. The van der Waals surface area contributed by atoms with Gasteiger partial charge in [0.2, 0.25) is 11.0 Å². The fourth-order valence-electron chi connectivity index (χ4n) is 5.02. The molecule has 0 aliphatic carbocycles. The number of carbonyl (C=O) groups excluding carboxylic acids is 2. The molecule has 0 fully saturated rings. The molecule has 2 rings (SSSR count). The molecule has 0 aromatic heterocycles. The number of carbonyl (C=O) groups is 2. The monoisotopic (exact) mass is 567 g/mol. The lowest BCUT2D eigenvalue weighted by atomic mass is 10.00. The van der Waals surface area contributed by atoms with Gasteiger partial charge in [0.15, 0.2) is 0 Å². The number of anilines is 1. The van der Waals surface area contributed by atoms with Crippen LogP contribution in [0.3, 0.4) is 0 Å². The Bertz CT molecular complexity index is 989. The summed E-state index contributed by atoms with van der Waals surface area (Å²) in [7, 11) is 0. The van der Waals surface area contributed by atoms with Gasteiger partial charge in [-0.05, 0) is 55.7 Å². The Hall–Kier alpha value is -2.27. The van der Waals surface area contributed by atoms with E-state index in [2.05, 4.69) is 24.9 Å². The van der Waals surface area contributed by atoms with E-state index in [0.29, 0.717) is 11.3 Å². The zero-order chi connectivity index (χ0) is 29.0. The Morgan fingerprint density at radius 1 is 0.750 bits per heavy atom. The number of unbranched alkanes of at least 4 members (excludes halogenated alkanes) is 15. The summed E-state index contributed by atoms with van der Waals surface area (Å²) >= 11 is 3.91. The van der Waals surface area contributed by atoms with Crippen LogP contribution in [-0.4, -0.2) is 17.6 Å². The molecule has 5 heteroatoms. The number of hydrogen-bond acceptors (Lipinski definition) is 3. The van der Waals surface area contributed by atoms with Crippen LogP contribution in [0.5, 0.6) is 5.75 Å². The quantitative estimate of drug-likeness (QED) is 0.110. The van der Waals surface area contributed by atoms with Gasteiger partial charge in [-0.1, -0.05) is 121 Å². The van der Waals surface area contributed by atoms with E-state index in [4.69, 9.17) is 4.74 Å². The van der Waals surface area contributed by atoms with Gasteiger partial charge in [0.05, 0.1) is 12.5 Å². The normalized spacial score (nSPS) is 11.8. The molecule has 0 bridgehead atoms. The highest BCUT2D eigenvalue weighted by Gasteiger charge is 2.16. The van der Waals surface area contributed by atoms with Crippen molar-refractivity contribution in [1.82, 2.24) is 0 Å². The first-order valence-corrected chi connectivity index (χ1v) is 16.2. The predicted molar refractivity (Wildman–Crippen MR) is 173 cm³/mol. The van der Waals surface area contributed by atoms with Gasteiger partial charge in [-0.15, -0.1) is 12.6 Å². The van der Waals surface area contributed by atoms with E-state index in [0.717, 1.165) is 29.9 Å². The van der Waals surface area contributed by atoms with Crippen LogP contribution < -0.4 is 10.1 Å². The minimum atomic E-state index is -0.328. The topological polar surface area (TPSA) is 55.4 Å². The zero-order valence-electron chi connectivity index (χ0n) is 25.3. The van der Waals surface area contributed by atoms with Crippen LogP contribution in [0.25, 0.3) is 0 Å². The van der Waals surface area contributed by atoms with Gasteiger partial charge < -0.3 is 10.1 Å². The second kappa shape index (κ2) is 20.6. The third-order valence-corrected chi connectivity index (χ3v) is 8.02. The van der Waals surface area contributed by atoms with Crippen molar-refractivity contribution in [2.75, 3.05) is 11.9 Å². The summed E-state index contributed by atoms with van der Waals surface area (Å²) in [6.45, 7) is 6.74. The first-order valence-electron chi connectivity index (χ1n) is 15.8. The summed E-state index contributed by atoms with van der Waals surface area (Å²) in [5.74, 6) is 0.391. The number of ether oxygens (including phenoxy) is 1. The minimum Gasteiger partial charge on any atom is -0.494 e. The predicted octanol–water partition coefficient (Wildman–Crippen LogP) is 10.4. The Kier molecular flexibility index (Phi) is 17.5. The Balaban J connectivity index is 1.51. The molecule has 1 unspecified atom stereocenters. The highest BCUT2D eigenvalue weighted by atomic mass is 32.1. The number of rotatable bonds is 22. The smallest absolute Gasteiger partial charge is 0.231 e. The van der Waals surface area contributed by atoms with Crippen LogP contribution in [0, 0.1) is 6.92 Å². The molecule has 2 aromatic rings.